The molecule has 1 aliphatic rings. The molecular weight excluding hydrogens is 374 g/mol. The lowest BCUT2D eigenvalue weighted by Gasteiger charge is -2.22. The van der Waals surface area contributed by atoms with E-state index < -0.39 is 9.84 Å². The maximum Gasteiger partial charge on any atom is 0.193 e. The molecule has 150 valence electrons. The number of nitrogens with one attached hydrogen (secondary N) is 1. The van der Waals surface area contributed by atoms with Crippen LogP contribution in [-0.2, 0) is 16.4 Å². The zero-order valence-corrected chi connectivity index (χ0v) is 17.4. The summed E-state index contributed by atoms with van der Waals surface area (Å²) >= 11 is 0. The Morgan fingerprint density at radius 3 is 2.43 bits per heavy atom. The highest BCUT2D eigenvalue weighted by molar-refractivity contribution is 7.90. The molecule has 1 unspecified atom stereocenters. The smallest absolute Gasteiger partial charge is 0.193 e. The molecule has 3 rings (SSSR count). The molecular formula is C21H27N3O3S. The van der Waals surface area contributed by atoms with Gasteiger partial charge in [-0.25, -0.2) is 8.42 Å². The first-order chi connectivity index (χ1) is 13.4. The monoisotopic (exact) mass is 401 g/mol. The van der Waals surface area contributed by atoms with Gasteiger partial charge < -0.3 is 15.0 Å². The quantitative estimate of drug-likeness (QED) is 0.616. The van der Waals surface area contributed by atoms with E-state index in [1.807, 2.05) is 24.3 Å². The second-order valence-corrected chi connectivity index (χ2v) is 9.04. The number of nitrogens with zero attached hydrogens (tertiary/aromatic N) is 2. The third-order valence-corrected chi connectivity index (χ3v) is 6.22. The van der Waals surface area contributed by atoms with Gasteiger partial charge in [0.15, 0.2) is 15.8 Å². The van der Waals surface area contributed by atoms with Crippen LogP contribution in [0.3, 0.4) is 0 Å². The molecule has 1 saturated heterocycles. The Morgan fingerprint density at radius 1 is 1.18 bits per heavy atom. The van der Waals surface area contributed by atoms with Gasteiger partial charge in [-0.2, -0.15) is 0 Å². The van der Waals surface area contributed by atoms with Crippen molar-refractivity contribution in [3.05, 3.63) is 59.7 Å². The summed E-state index contributed by atoms with van der Waals surface area (Å²) in [5.74, 6) is 2.21. The first-order valence-electron chi connectivity index (χ1n) is 9.29. The SMILES string of the molecule is CN=C(NCc1ccc(S(C)(=O)=O)cc1)N1CCC(c2ccc(OC)cc2)C1. The summed E-state index contributed by atoms with van der Waals surface area (Å²) in [6.45, 7) is 2.46. The largest absolute Gasteiger partial charge is 0.497 e. The lowest BCUT2D eigenvalue weighted by molar-refractivity contribution is 0.414. The summed E-state index contributed by atoms with van der Waals surface area (Å²) in [6.07, 6.45) is 2.30. The van der Waals surface area contributed by atoms with Crippen LogP contribution in [0.15, 0.2) is 58.4 Å². The fourth-order valence-electron chi connectivity index (χ4n) is 3.47. The van der Waals surface area contributed by atoms with Crippen LogP contribution in [0.1, 0.15) is 23.5 Å². The van der Waals surface area contributed by atoms with Crippen LogP contribution in [0.5, 0.6) is 5.75 Å². The van der Waals surface area contributed by atoms with E-state index in [9.17, 15) is 8.42 Å². The van der Waals surface area contributed by atoms with Crippen molar-refractivity contribution in [3.63, 3.8) is 0 Å². The molecule has 2 aromatic rings. The molecule has 7 heteroatoms. The van der Waals surface area contributed by atoms with Crippen molar-refractivity contribution in [3.8, 4) is 5.75 Å². The van der Waals surface area contributed by atoms with E-state index in [1.165, 1.54) is 11.8 Å². The molecule has 0 saturated carbocycles. The third kappa shape index (κ3) is 4.84. The summed E-state index contributed by atoms with van der Waals surface area (Å²) in [5, 5.41) is 3.38. The molecule has 6 nitrogen and oxygen atoms in total. The molecule has 0 radical (unpaired) electrons. The molecule has 1 aliphatic heterocycles. The van der Waals surface area contributed by atoms with Crippen molar-refractivity contribution < 1.29 is 13.2 Å². The number of methoxy groups -OCH3 is 1. The van der Waals surface area contributed by atoms with Crippen molar-refractivity contribution in [1.29, 1.82) is 0 Å². The molecule has 28 heavy (non-hydrogen) atoms. The van der Waals surface area contributed by atoms with Gasteiger partial charge in [0.2, 0.25) is 0 Å². The number of benzene rings is 2. The summed E-state index contributed by atoms with van der Waals surface area (Å²) in [6, 6.07) is 15.2. The van der Waals surface area contributed by atoms with Crippen LogP contribution in [0.4, 0.5) is 0 Å². The summed E-state index contributed by atoms with van der Waals surface area (Å²) in [7, 11) is 0.299. The Labute approximate surface area is 167 Å². The Balaban J connectivity index is 1.58. The second-order valence-electron chi connectivity index (χ2n) is 7.02. The normalized spacial score (nSPS) is 17.6. The first-order valence-corrected chi connectivity index (χ1v) is 11.2. The number of sulfone groups is 1. The van der Waals surface area contributed by atoms with Crippen molar-refractivity contribution in [2.75, 3.05) is 33.5 Å². The van der Waals surface area contributed by atoms with E-state index in [-0.39, 0.29) is 0 Å². The second kappa shape index (κ2) is 8.65. The zero-order chi connectivity index (χ0) is 20.1. The van der Waals surface area contributed by atoms with Gasteiger partial charge in [-0.3, -0.25) is 4.99 Å². The van der Waals surface area contributed by atoms with Gasteiger partial charge >= 0.3 is 0 Å². The van der Waals surface area contributed by atoms with E-state index in [4.69, 9.17) is 4.74 Å². The van der Waals surface area contributed by atoms with E-state index >= 15 is 0 Å². The number of hydrogen-bond donors (Lipinski definition) is 1. The number of hydrogen-bond acceptors (Lipinski definition) is 4. The predicted octanol–water partition coefficient (Wildman–Crippen LogP) is 2.66. The number of guanidine groups is 1. The number of rotatable bonds is 5. The Bertz CT molecular complexity index is 922. The van der Waals surface area contributed by atoms with Crippen molar-refractivity contribution in [2.24, 2.45) is 4.99 Å². The van der Waals surface area contributed by atoms with Crippen LogP contribution in [0.2, 0.25) is 0 Å². The van der Waals surface area contributed by atoms with E-state index in [0.29, 0.717) is 17.4 Å². The summed E-state index contributed by atoms with van der Waals surface area (Å²) in [4.78, 5) is 7.01. The van der Waals surface area contributed by atoms with Gasteiger partial charge in [0.1, 0.15) is 5.75 Å². The van der Waals surface area contributed by atoms with Gasteiger partial charge in [0.05, 0.1) is 12.0 Å². The molecule has 0 aliphatic carbocycles. The molecule has 0 spiro atoms. The van der Waals surface area contributed by atoms with Crippen molar-refractivity contribution >= 4 is 15.8 Å². The lowest BCUT2D eigenvalue weighted by atomic mass is 9.98. The molecule has 1 fully saturated rings. The standard InChI is InChI=1S/C21H27N3O3S/c1-22-21(23-14-16-4-10-20(11-5-16)28(3,25)26)24-13-12-18(15-24)17-6-8-19(27-2)9-7-17/h4-11,18H,12-15H2,1-3H3,(H,22,23). The van der Waals surface area contributed by atoms with Gasteiger partial charge in [0, 0.05) is 38.9 Å². The highest BCUT2D eigenvalue weighted by atomic mass is 32.2. The van der Waals surface area contributed by atoms with E-state index in [1.54, 1.807) is 26.3 Å². The van der Waals surface area contributed by atoms with Crippen molar-refractivity contribution in [1.82, 2.24) is 10.2 Å². The van der Waals surface area contributed by atoms with E-state index in [0.717, 1.165) is 36.8 Å². The minimum absolute atomic E-state index is 0.336. The number of aliphatic imine (C=N–C) groups is 1. The van der Waals surface area contributed by atoms with Crippen LogP contribution < -0.4 is 10.1 Å². The molecule has 1 N–H and O–H groups in total. The maximum atomic E-state index is 11.6. The third-order valence-electron chi connectivity index (χ3n) is 5.09. The molecule has 0 aromatic heterocycles. The minimum atomic E-state index is -3.17. The molecule has 1 atom stereocenters. The highest BCUT2D eigenvalue weighted by Crippen LogP contribution is 2.28. The molecule has 0 amide bonds. The van der Waals surface area contributed by atoms with Gasteiger partial charge in [0.25, 0.3) is 0 Å². The van der Waals surface area contributed by atoms with E-state index in [2.05, 4.69) is 27.3 Å². The van der Waals surface area contributed by atoms with Crippen LogP contribution in [-0.4, -0.2) is 52.8 Å². The lowest BCUT2D eigenvalue weighted by Crippen LogP contribution is -2.39. The van der Waals surface area contributed by atoms with Crippen LogP contribution in [0.25, 0.3) is 0 Å². The minimum Gasteiger partial charge on any atom is -0.497 e. The summed E-state index contributed by atoms with van der Waals surface area (Å²) < 4.78 is 28.4. The van der Waals surface area contributed by atoms with Crippen LogP contribution in [0, 0.1) is 0 Å². The summed E-state index contributed by atoms with van der Waals surface area (Å²) in [5.41, 5.74) is 2.33. The van der Waals surface area contributed by atoms with Gasteiger partial charge in [-0.15, -0.1) is 0 Å². The fourth-order valence-corrected chi connectivity index (χ4v) is 4.10. The number of ether oxygens (including phenoxy) is 1. The van der Waals surface area contributed by atoms with Crippen LogP contribution >= 0.6 is 0 Å². The number of likely N-dealkylation sites (tertiary alicyclic amines) is 1. The van der Waals surface area contributed by atoms with Gasteiger partial charge in [-0.05, 0) is 41.8 Å². The highest BCUT2D eigenvalue weighted by Gasteiger charge is 2.26. The molecule has 0 bridgehead atoms. The average molecular weight is 402 g/mol. The topological polar surface area (TPSA) is 71.0 Å². The van der Waals surface area contributed by atoms with Gasteiger partial charge in [-0.1, -0.05) is 24.3 Å². The Morgan fingerprint density at radius 2 is 1.86 bits per heavy atom. The average Bonchev–Trinajstić information content (AvgIpc) is 3.18. The Hall–Kier alpha value is -2.54. The maximum absolute atomic E-state index is 11.6. The molecule has 2 aromatic carbocycles. The zero-order valence-electron chi connectivity index (χ0n) is 16.6. The molecule has 1 heterocycles. The van der Waals surface area contributed by atoms with Crippen molar-refractivity contribution in [2.45, 2.75) is 23.8 Å². The predicted molar refractivity (Wildman–Crippen MR) is 112 cm³/mol. The first kappa shape index (κ1) is 20.2. The Kier molecular flexibility index (Phi) is 6.24. The fraction of sp³-hybridized carbons (Fsp3) is 0.381.